The molecule has 7 heteroatoms. The third-order valence-electron chi connectivity index (χ3n) is 3.23. The van der Waals surface area contributed by atoms with Crippen LogP contribution in [0.3, 0.4) is 0 Å². The number of nitrogens with one attached hydrogen (secondary N) is 2. The van der Waals surface area contributed by atoms with Crippen LogP contribution in [0.15, 0.2) is 0 Å². The van der Waals surface area contributed by atoms with Gasteiger partial charge < -0.3 is 5.32 Å². The first kappa shape index (κ1) is 14.2. The molecule has 0 aromatic heterocycles. The average molecular weight is 270 g/mol. The van der Waals surface area contributed by atoms with E-state index in [2.05, 4.69) is 10.0 Å². The van der Waals surface area contributed by atoms with Crippen LogP contribution in [-0.2, 0) is 10.2 Å². The Bertz CT molecular complexity index is 311. The molecule has 2 fully saturated rings. The van der Waals surface area contributed by atoms with E-state index in [0.717, 1.165) is 19.5 Å². The zero-order chi connectivity index (χ0) is 10.9. The summed E-state index contributed by atoms with van der Waals surface area (Å²) in [6, 6.07) is 0. The fourth-order valence-electron chi connectivity index (χ4n) is 2.33. The lowest BCUT2D eigenvalue weighted by molar-refractivity contribution is 0.438. The Morgan fingerprint density at radius 2 is 1.88 bits per heavy atom. The Labute approximate surface area is 104 Å². The van der Waals surface area contributed by atoms with Gasteiger partial charge in [-0.05, 0) is 31.3 Å². The molecular formula is C9H20ClN3O2S. The van der Waals surface area contributed by atoms with Crippen molar-refractivity contribution in [3.63, 3.8) is 0 Å². The van der Waals surface area contributed by atoms with Gasteiger partial charge in [0.15, 0.2) is 0 Å². The Morgan fingerprint density at radius 1 is 1.31 bits per heavy atom. The SMILES string of the molecule is CCCNS(=O)(=O)N1C[C@H]2CNC[C@H]2C1.Cl. The maximum Gasteiger partial charge on any atom is 0.279 e. The lowest BCUT2D eigenvalue weighted by Gasteiger charge is -2.17. The first-order valence-electron chi connectivity index (χ1n) is 5.59. The van der Waals surface area contributed by atoms with E-state index < -0.39 is 10.2 Å². The second kappa shape index (κ2) is 5.64. The first-order chi connectivity index (χ1) is 7.13. The van der Waals surface area contributed by atoms with Gasteiger partial charge in [-0.1, -0.05) is 6.92 Å². The van der Waals surface area contributed by atoms with Crippen LogP contribution >= 0.6 is 12.4 Å². The standard InChI is InChI=1S/C9H19N3O2S.ClH/c1-2-3-11-15(13,14)12-6-8-4-10-5-9(8)7-12;/h8-11H,2-7H2,1H3;1H/t8-,9+;. The molecule has 0 unspecified atom stereocenters. The van der Waals surface area contributed by atoms with E-state index in [4.69, 9.17) is 0 Å². The van der Waals surface area contributed by atoms with Crippen LogP contribution in [0.4, 0.5) is 0 Å². The molecule has 0 aromatic rings. The molecule has 0 bridgehead atoms. The quantitative estimate of drug-likeness (QED) is 0.743. The Balaban J connectivity index is 0.00000128. The summed E-state index contributed by atoms with van der Waals surface area (Å²) in [6.07, 6.45) is 0.835. The van der Waals surface area contributed by atoms with Crippen molar-refractivity contribution < 1.29 is 8.42 Å². The normalized spacial score (nSPS) is 30.1. The van der Waals surface area contributed by atoms with Crippen LogP contribution in [-0.4, -0.2) is 45.4 Å². The van der Waals surface area contributed by atoms with E-state index in [-0.39, 0.29) is 12.4 Å². The minimum atomic E-state index is -3.21. The molecule has 2 N–H and O–H groups in total. The number of halogens is 1. The van der Waals surface area contributed by atoms with Gasteiger partial charge in [-0.15, -0.1) is 12.4 Å². The Hall–Kier alpha value is 0.120. The molecule has 0 saturated carbocycles. The fraction of sp³-hybridized carbons (Fsp3) is 1.00. The largest absolute Gasteiger partial charge is 0.316 e. The van der Waals surface area contributed by atoms with Crippen LogP contribution in [0.25, 0.3) is 0 Å². The molecule has 2 heterocycles. The molecule has 0 aliphatic carbocycles. The highest BCUT2D eigenvalue weighted by molar-refractivity contribution is 7.87. The van der Waals surface area contributed by atoms with Crippen molar-refractivity contribution in [1.82, 2.24) is 14.3 Å². The van der Waals surface area contributed by atoms with Crippen molar-refractivity contribution in [2.24, 2.45) is 11.8 Å². The first-order valence-corrected chi connectivity index (χ1v) is 7.03. The van der Waals surface area contributed by atoms with Gasteiger partial charge in [-0.25, -0.2) is 4.72 Å². The average Bonchev–Trinajstić information content (AvgIpc) is 2.73. The summed E-state index contributed by atoms with van der Waals surface area (Å²) in [5.41, 5.74) is 0. The van der Waals surface area contributed by atoms with E-state index in [0.29, 0.717) is 31.5 Å². The van der Waals surface area contributed by atoms with E-state index in [9.17, 15) is 8.42 Å². The summed E-state index contributed by atoms with van der Waals surface area (Å²) < 4.78 is 27.8. The zero-order valence-electron chi connectivity index (χ0n) is 9.48. The summed E-state index contributed by atoms with van der Waals surface area (Å²) in [6.45, 7) is 5.78. The van der Waals surface area contributed by atoms with Gasteiger partial charge in [0.05, 0.1) is 0 Å². The minimum absolute atomic E-state index is 0. The highest BCUT2D eigenvalue weighted by atomic mass is 35.5. The van der Waals surface area contributed by atoms with Crippen LogP contribution < -0.4 is 10.0 Å². The predicted octanol–water partition coefficient (Wildman–Crippen LogP) is -0.196. The summed E-state index contributed by atoms with van der Waals surface area (Å²) in [5.74, 6) is 1.03. The van der Waals surface area contributed by atoms with Crippen molar-refractivity contribution in [2.45, 2.75) is 13.3 Å². The smallest absolute Gasteiger partial charge is 0.279 e. The van der Waals surface area contributed by atoms with E-state index in [1.807, 2.05) is 6.92 Å². The van der Waals surface area contributed by atoms with Crippen molar-refractivity contribution >= 4 is 22.6 Å². The lowest BCUT2D eigenvalue weighted by Crippen LogP contribution is -2.41. The number of hydrogen-bond acceptors (Lipinski definition) is 3. The van der Waals surface area contributed by atoms with Gasteiger partial charge in [0.1, 0.15) is 0 Å². The van der Waals surface area contributed by atoms with Crippen molar-refractivity contribution in [3.05, 3.63) is 0 Å². The van der Waals surface area contributed by atoms with Crippen LogP contribution in [0, 0.1) is 11.8 Å². The molecule has 5 nitrogen and oxygen atoms in total. The predicted molar refractivity (Wildman–Crippen MR) is 65.9 cm³/mol. The topological polar surface area (TPSA) is 61.4 Å². The van der Waals surface area contributed by atoms with Gasteiger partial charge in [0, 0.05) is 19.6 Å². The van der Waals surface area contributed by atoms with Gasteiger partial charge in [-0.3, -0.25) is 0 Å². The molecular weight excluding hydrogens is 250 g/mol. The number of hydrogen-bond donors (Lipinski definition) is 2. The monoisotopic (exact) mass is 269 g/mol. The maximum atomic E-state index is 11.8. The summed E-state index contributed by atoms with van der Waals surface area (Å²) in [4.78, 5) is 0. The van der Waals surface area contributed by atoms with Gasteiger partial charge in [-0.2, -0.15) is 12.7 Å². The molecule has 2 rings (SSSR count). The molecule has 0 aromatic carbocycles. The molecule has 0 amide bonds. The lowest BCUT2D eigenvalue weighted by atomic mass is 10.0. The maximum absolute atomic E-state index is 11.8. The summed E-state index contributed by atoms with van der Waals surface area (Å²) >= 11 is 0. The number of fused-ring (bicyclic) bond motifs is 1. The van der Waals surface area contributed by atoms with E-state index >= 15 is 0 Å². The molecule has 2 saturated heterocycles. The Kier molecular flexibility index (Phi) is 5.00. The van der Waals surface area contributed by atoms with Crippen LogP contribution in [0.1, 0.15) is 13.3 Å². The zero-order valence-corrected chi connectivity index (χ0v) is 11.1. The fourth-order valence-corrected chi connectivity index (χ4v) is 3.75. The molecule has 16 heavy (non-hydrogen) atoms. The van der Waals surface area contributed by atoms with Gasteiger partial charge >= 0.3 is 0 Å². The molecule has 0 spiro atoms. The molecule has 0 radical (unpaired) electrons. The van der Waals surface area contributed by atoms with E-state index in [1.165, 1.54) is 0 Å². The minimum Gasteiger partial charge on any atom is -0.316 e. The Morgan fingerprint density at radius 3 is 2.38 bits per heavy atom. The molecule has 2 aliphatic heterocycles. The summed E-state index contributed by atoms with van der Waals surface area (Å²) in [7, 11) is -3.21. The highest BCUT2D eigenvalue weighted by Gasteiger charge is 2.40. The molecule has 2 atom stereocenters. The second-order valence-corrected chi connectivity index (χ2v) is 6.15. The third-order valence-corrected chi connectivity index (χ3v) is 4.78. The summed E-state index contributed by atoms with van der Waals surface area (Å²) in [5, 5.41) is 3.30. The molecule has 96 valence electrons. The van der Waals surface area contributed by atoms with Crippen molar-refractivity contribution in [3.8, 4) is 0 Å². The van der Waals surface area contributed by atoms with Crippen molar-refractivity contribution in [2.75, 3.05) is 32.7 Å². The third kappa shape index (κ3) is 2.87. The van der Waals surface area contributed by atoms with Crippen molar-refractivity contribution in [1.29, 1.82) is 0 Å². The van der Waals surface area contributed by atoms with Crippen LogP contribution in [0.2, 0.25) is 0 Å². The van der Waals surface area contributed by atoms with Gasteiger partial charge in [0.2, 0.25) is 0 Å². The molecule has 2 aliphatic rings. The van der Waals surface area contributed by atoms with Gasteiger partial charge in [0.25, 0.3) is 10.2 Å². The number of rotatable bonds is 4. The second-order valence-electron chi connectivity index (χ2n) is 4.39. The van der Waals surface area contributed by atoms with E-state index in [1.54, 1.807) is 4.31 Å². The highest BCUT2D eigenvalue weighted by Crippen LogP contribution is 2.27. The van der Waals surface area contributed by atoms with Crippen LogP contribution in [0.5, 0.6) is 0 Å². The number of nitrogens with zero attached hydrogens (tertiary/aromatic N) is 1.